The van der Waals surface area contributed by atoms with Crippen molar-refractivity contribution >= 4 is 23.5 Å². The Kier molecular flexibility index (Phi) is 5.15. The number of halogens is 1. The molecule has 0 radical (unpaired) electrons. The summed E-state index contributed by atoms with van der Waals surface area (Å²) in [5.74, 6) is 1.17. The highest BCUT2D eigenvalue weighted by atomic mass is 35.5. The van der Waals surface area contributed by atoms with E-state index in [0.29, 0.717) is 31.2 Å². The lowest BCUT2D eigenvalue weighted by Crippen LogP contribution is -2.37. The van der Waals surface area contributed by atoms with Gasteiger partial charge in [-0.15, -0.1) is 0 Å². The molecule has 6 nitrogen and oxygen atoms in total. The van der Waals surface area contributed by atoms with Gasteiger partial charge in [-0.1, -0.05) is 13.8 Å². The van der Waals surface area contributed by atoms with Crippen LogP contribution in [0.4, 0.5) is 11.9 Å². The molecule has 106 valence electrons. The fraction of sp³-hybridized carbons (Fsp3) is 0.750. The van der Waals surface area contributed by atoms with Crippen LogP contribution in [0.5, 0.6) is 0 Å². The first-order chi connectivity index (χ1) is 9.22. The number of nitrogens with zero attached hydrogens (tertiary/aromatic N) is 4. The molecule has 2 heterocycles. The van der Waals surface area contributed by atoms with Crippen LogP contribution in [0.15, 0.2) is 0 Å². The molecule has 1 fully saturated rings. The Bertz CT molecular complexity index is 407. The first-order valence-corrected chi connectivity index (χ1v) is 7.11. The van der Waals surface area contributed by atoms with Crippen molar-refractivity contribution in [3.05, 3.63) is 5.28 Å². The highest BCUT2D eigenvalue weighted by molar-refractivity contribution is 6.28. The number of aromatic nitrogens is 3. The fourth-order valence-electron chi connectivity index (χ4n) is 1.98. The second-order valence-corrected chi connectivity index (χ2v) is 4.82. The quantitative estimate of drug-likeness (QED) is 0.892. The van der Waals surface area contributed by atoms with Crippen LogP contribution < -0.4 is 10.2 Å². The summed E-state index contributed by atoms with van der Waals surface area (Å²) in [4.78, 5) is 14.8. The molecule has 0 atom stereocenters. The maximum Gasteiger partial charge on any atom is 0.231 e. The molecule has 0 aromatic carbocycles. The van der Waals surface area contributed by atoms with Crippen molar-refractivity contribution in [3.8, 4) is 0 Å². The monoisotopic (exact) mass is 285 g/mol. The van der Waals surface area contributed by atoms with Crippen LogP contribution in [0.2, 0.25) is 5.28 Å². The van der Waals surface area contributed by atoms with E-state index in [-0.39, 0.29) is 5.28 Å². The van der Waals surface area contributed by atoms with Crippen LogP contribution in [-0.2, 0) is 4.74 Å². The lowest BCUT2D eigenvalue weighted by molar-refractivity contribution is 0.122. The number of hydrogen-bond donors (Lipinski definition) is 1. The zero-order valence-corrected chi connectivity index (χ0v) is 12.2. The van der Waals surface area contributed by atoms with Crippen LogP contribution >= 0.6 is 11.6 Å². The highest BCUT2D eigenvalue weighted by Gasteiger charge is 2.16. The second-order valence-electron chi connectivity index (χ2n) is 4.49. The smallest absolute Gasteiger partial charge is 0.231 e. The molecule has 1 aromatic heterocycles. The molecule has 7 heteroatoms. The van der Waals surface area contributed by atoms with Crippen molar-refractivity contribution < 1.29 is 4.74 Å². The van der Waals surface area contributed by atoms with E-state index in [0.717, 1.165) is 25.9 Å². The predicted octanol–water partition coefficient (Wildman–Crippen LogP) is 1.96. The molecule has 19 heavy (non-hydrogen) atoms. The number of anilines is 2. The van der Waals surface area contributed by atoms with Gasteiger partial charge in [0.25, 0.3) is 0 Å². The van der Waals surface area contributed by atoms with Crippen LogP contribution in [0, 0.1) is 0 Å². The largest absolute Gasteiger partial charge is 0.378 e. The third kappa shape index (κ3) is 3.91. The van der Waals surface area contributed by atoms with Gasteiger partial charge in [0, 0.05) is 19.1 Å². The predicted molar refractivity (Wildman–Crippen MR) is 75.9 cm³/mol. The van der Waals surface area contributed by atoms with E-state index in [1.165, 1.54) is 0 Å². The van der Waals surface area contributed by atoms with E-state index >= 15 is 0 Å². The number of rotatable bonds is 5. The molecular formula is C12H20ClN5O. The SMILES string of the molecule is CCC(CC)Nc1nc(Cl)nc(N2CCOCC2)n1. The molecule has 0 saturated carbocycles. The van der Waals surface area contributed by atoms with Gasteiger partial charge in [-0.05, 0) is 24.4 Å². The normalized spacial score (nSPS) is 15.9. The van der Waals surface area contributed by atoms with Crippen LogP contribution in [0.3, 0.4) is 0 Å². The molecule has 1 saturated heterocycles. The van der Waals surface area contributed by atoms with Gasteiger partial charge in [-0.3, -0.25) is 0 Å². The van der Waals surface area contributed by atoms with Gasteiger partial charge in [0.15, 0.2) is 0 Å². The minimum atomic E-state index is 0.227. The van der Waals surface area contributed by atoms with Gasteiger partial charge in [0.2, 0.25) is 17.2 Å². The van der Waals surface area contributed by atoms with Crippen molar-refractivity contribution in [1.29, 1.82) is 0 Å². The Labute approximate surface area is 118 Å². The maximum atomic E-state index is 5.98. The Morgan fingerprint density at radius 1 is 1.21 bits per heavy atom. The Morgan fingerprint density at radius 2 is 1.89 bits per heavy atom. The van der Waals surface area contributed by atoms with Crippen molar-refractivity contribution in [1.82, 2.24) is 15.0 Å². The van der Waals surface area contributed by atoms with Crippen molar-refractivity contribution in [2.45, 2.75) is 32.7 Å². The Morgan fingerprint density at radius 3 is 2.53 bits per heavy atom. The number of hydrogen-bond acceptors (Lipinski definition) is 6. The zero-order chi connectivity index (χ0) is 13.7. The molecular weight excluding hydrogens is 266 g/mol. The average molecular weight is 286 g/mol. The molecule has 2 rings (SSSR count). The van der Waals surface area contributed by atoms with Crippen molar-refractivity contribution in [2.24, 2.45) is 0 Å². The lowest BCUT2D eigenvalue weighted by Gasteiger charge is -2.27. The lowest BCUT2D eigenvalue weighted by atomic mass is 10.2. The average Bonchev–Trinajstić information content (AvgIpc) is 2.45. The fourth-order valence-corrected chi connectivity index (χ4v) is 2.14. The molecule has 0 unspecified atom stereocenters. The number of morpholine rings is 1. The van der Waals surface area contributed by atoms with Gasteiger partial charge in [-0.25, -0.2) is 0 Å². The van der Waals surface area contributed by atoms with Gasteiger partial charge in [0.05, 0.1) is 13.2 Å². The standard InChI is InChI=1S/C12H20ClN5O/c1-3-9(4-2)14-11-15-10(13)16-12(17-11)18-5-7-19-8-6-18/h9H,3-8H2,1-2H3,(H,14,15,16,17). The summed E-state index contributed by atoms with van der Waals surface area (Å²) in [7, 11) is 0. The van der Waals surface area contributed by atoms with E-state index in [9.17, 15) is 0 Å². The number of nitrogens with one attached hydrogen (secondary N) is 1. The van der Waals surface area contributed by atoms with Crippen LogP contribution in [-0.4, -0.2) is 47.3 Å². The van der Waals surface area contributed by atoms with E-state index < -0.39 is 0 Å². The molecule has 0 spiro atoms. The summed E-state index contributed by atoms with van der Waals surface area (Å²) in [6.07, 6.45) is 2.04. The summed E-state index contributed by atoms with van der Waals surface area (Å²) < 4.78 is 5.32. The van der Waals surface area contributed by atoms with Gasteiger partial charge >= 0.3 is 0 Å². The summed E-state index contributed by atoms with van der Waals surface area (Å²) in [5, 5.41) is 3.52. The molecule has 1 aliphatic heterocycles. The third-order valence-electron chi connectivity index (χ3n) is 3.21. The van der Waals surface area contributed by atoms with Gasteiger partial charge < -0.3 is 15.0 Å². The molecule has 0 aliphatic carbocycles. The first-order valence-electron chi connectivity index (χ1n) is 6.73. The first kappa shape index (κ1) is 14.3. The maximum absolute atomic E-state index is 5.98. The minimum absolute atomic E-state index is 0.227. The second kappa shape index (κ2) is 6.86. The summed E-state index contributed by atoms with van der Waals surface area (Å²) >= 11 is 5.98. The molecule has 1 aromatic rings. The van der Waals surface area contributed by atoms with E-state index in [2.05, 4.69) is 39.0 Å². The summed E-state index contributed by atoms with van der Waals surface area (Å²) in [6, 6.07) is 0.357. The van der Waals surface area contributed by atoms with Crippen LogP contribution in [0.25, 0.3) is 0 Å². The summed E-state index contributed by atoms with van der Waals surface area (Å²) in [5.41, 5.74) is 0. The number of ether oxygens (including phenoxy) is 1. The molecule has 1 aliphatic rings. The Balaban J connectivity index is 2.13. The topological polar surface area (TPSA) is 63.2 Å². The van der Waals surface area contributed by atoms with Crippen LogP contribution in [0.1, 0.15) is 26.7 Å². The third-order valence-corrected chi connectivity index (χ3v) is 3.38. The molecule has 0 amide bonds. The van der Waals surface area contributed by atoms with E-state index in [1.807, 2.05) is 0 Å². The highest BCUT2D eigenvalue weighted by Crippen LogP contribution is 2.16. The van der Waals surface area contributed by atoms with Gasteiger partial charge in [-0.2, -0.15) is 15.0 Å². The molecule has 0 bridgehead atoms. The minimum Gasteiger partial charge on any atom is -0.378 e. The van der Waals surface area contributed by atoms with Crippen molar-refractivity contribution in [3.63, 3.8) is 0 Å². The Hall–Kier alpha value is -1.14. The summed E-state index contributed by atoms with van der Waals surface area (Å²) in [6.45, 7) is 7.21. The van der Waals surface area contributed by atoms with E-state index in [4.69, 9.17) is 16.3 Å². The van der Waals surface area contributed by atoms with Crippen molar-refractivity contribution in [2.75, 3.05) is 36.5 Å². The molecule has 1 N–H and O–H groups in total. The van der Waals surface area contributed by atoms with E-state index in [1.54, 1.807) is 0 Å². The zero-order valence-electron chi connectivity index (χ0n) is 11.4. The van der Waals surface area contributed by atoms with Gasteiger partial charge in [0.1, 0.15) is 0 Å².